The van der Waals surface area contributed by atoms with Crippen LogP contribution in [0.5, 0.6) is 0 Å². The quantitative estimate of drug-likeness (QED) is 0.514. The van der Waals surface area contributed by atoms with E-state index in [0.29, 0.717) is 12.8 Å². The molecule has 1 aliphatic heterocycles. The van der Waals surface area contributed by atoms with Crippen molar-refractivity contribution in [1.82, 2.24) is 0 Å². The molecular formula is C6H10O4. The molecule has 1 saturated heterocycles. The topological polar surface area (TPSA) is 55.8 Å². The maximum Gasteiger partial charge on any atom is 0.335 e. The van der Waals surface area contributed by atoms with Crippen molar-refractivity contribution >= 4 is 5.97 Å². The zero-order chi connectivity index (χ0) is 7.56. The first-order valence-corrected chi connectivity index (χ1v) is 3.15. The average molecular weight is 146 g/mol. The van der Waals surface area contributed by atoms with Crippen LogP contribution in [0.15, 0.2) is 0 Å². The van der Waals surface area contributed by atoms with Crippen LogP contribution in [0, 0.1) is 0 Å². The Balaban J connectivity index is 2.37. The molecule has 58 valence electrons. The minimum atomic E-state index is -0.788. The molecule has 4 heteroatoms. The Hall–Kier alpha value is -0.610. The molecule has 0 amide bonds. The molecule has 10 heavy (non-hydrogen) atoms. The van der Waals surface area contributed by atoms with Gasteiger partial charge in [-0.1, -0.05) is 0 Å². The Morgan fingerprint density at radius 2 is 2.40 bits per heavy atom. The molecule has 0 aromatic heterocycles. The van der Waals surface area contributed by atoms with Crippen LogP contribution >= 0.6 is 0 Å². The van der Waals surface area contributed by atoms with Gasteiger partial charge >= 0.3 is 5.97 Å². The fourth-order valence-electron chi connectivity index (χ4n) is 0.925. The van der Waals surface area contributed by atoms with Crippen molar-refractivity contribution in [3.63, 3.8) is 0 Å². The van der Waals surface area contributed by atoms with E-state index in [-0.39, 0.29) is 0 Å². The fraction of sp³-hybridized carbons (Fsp3) is 0.833. The van der Waals surface area contributed by atoms with Gasteiger partial charge in [0.05, 0.1) is 7.11 Å². The molecule has 1 rings (SSSR count). The Morgan fingerprint density at radius 3 is 2.80 bits per heavy atom. The summed E-state index contributed by atoms with van der Waals surface area (Å²) >= 11 is 0. The number of aliphatic hydroxyl groups is 1. The van der Waals surface area contributed by atoms with E-state index in [9.17, 15) is 4.79 Å². The molecule has 1 aliphatic rings. The molecule has 0 radical (unpaired) electrons. The number of esters is 1. The number of methoxy groups -OCH3 is 1. The van der Waals surface area contributed by atoms with Gasteiger partial charge in [0.15, 0.2) is 12.4 Å². The summed E-state index contributed by atoms with van der Waals surface area (Å²) in [5, 5.41) is 8.81. The molecule has 0 bridgehead atoms. The number of rotatable bonds is 1. The third-order valence-corrected chi connectivity index (χ3v) is 1.46. The number of ether oxygens (including phenoxy) is 2. The zero-order valence-corrected chi connectivity index (χ0v) is 5.74. The molecule has 0 saturated carbocycles. The van der Waals surface area contributed by atoms with Gasteiger partial charge in [-0.3, -0.25) is 0 Å². The minimum Gasteiger partial charge on any atom is -0.467 e. The predicted octanol–water partition coefficient (Wildman–Crippen LogP) is -0.343. The Morgan fingerprint density at radius 1 is 1.70 bits per heavy atom. The zero-order valence-electron chi connectivity index (χ0n) is 5.74. The molecule has 1 fully saturated rings. The summed E-state index contributed by atoms with van der Waals surface area (Å²) in [4.78, 5) is 10.7. The minimum absolute atomic E-state index is 0.406. The van der Waals surface area contributed by atoms with Crippen molar-refractivity contribution in [2.24, 2.45) is 0 Å². The number of hydrogen-bond donors (Lipinski definition) is 1. The summed E-state index contributed by atoms with van der Waals surface area (Å²) in [6, 6.07) is 0. The summed E-state index contributed by atoms with van der Waals surface area (Å²) in [5.41, 5.74) is 0. The second-order valence-electron chi connectivity index (χ2n) is 2.18. The third kappa shape index (κ3) is 1.46. The number of carbonyl (C=O) groups is 1. The van der Waals surface area contributed by atoms with Gasteiger partial charge in [-0.05, 0) is 6.42 Å². The summed E-state index contributed by atoms with van der Waals surface area (Å²) in [6.07, 6.45) is -0.280. The monoisotopic (exact) mass is 146 g/mol. The molecule has 0 aromatic carbocycles. The van der Waals surface area contributed by atoms with Crippen LogP contribution in [-0.4, -0.2) is 30.6 Å². The van der Waals surface area contributed by atoms with E-state index in [2.05, 4.69) is 4.74 Å². The lowest BCUT2D eigenvalue weighted by atomic mass is 10.2. The number of hydrogen-bond acceptors (Lipinski definition) is 4. The lowest BCUT2D eigenvalue weighted by Crippen LogP contribution is -2.22. The molecule has 0 aliphatic carbocycles. The molecule has 1 heterocycles. The van der Waals surface area contributed by atoms with Gasteiger partial charge in [0.25, 0.3) is 0 Å². The largest absolute Gasteiger partial charge is 0.467 e. The molecule has 1 unspecified atom stereocenters. The molecule has 2 atom stereocenters. The highest BCUT2D eigenvalue weighted by molar-refractivity contribution is 5.74. The van der Waals surface area contributed by atoms with Crippen molar-refractivity contribution in [2.75, 3.05) is 7.11 Å². The van der Waals surface area contributed by atoms with Crippen molar-refractivity contribution in [3.8, 4) is 0 Å². The lowest BCUT2D eigenvalue weighted by molar-refractivity contribution is -0.162. The van der Waals surface area contributed by atoms with Gasteiger partial charge in [-0.15, -0.1) is 0 Å². The van der Waals surface area contributed by atoms with Crippen LogP contribution in [0.4, 0.5) is 0 Å². The highest BCUT2D eigenvalue weighted by Crippen LogP contribution is 2.17. The van der Waals surface area contributed by atoms with Gasteiger partial charge in [-0.25, -0.2) is 4.79 Å². The van der Waals surface area contributed by atoms with Gasteiger partial charge in [0.2, 0.25) is 0 Å². The van der Waals surface area contributed by atoms with Crippen LogP contribution in [0.25, 0.3) is 0 Å². The van der Waals surface area contributed by atoms with Crippen LogP contribution in [0.3, 0.4) is 0 Å². The van der Waals surface area contributed by atoms with E-state index < -0.39 is 18.4 Å². The Bertz CT molecular complexity index is 134. The Labute approximate surface area is 58.7 Å². The maximum absolute atomic E-state index is 10.7. The first-order valence-electron chi connectivity index (χ1n) is 3.15. The van der Waals surface area contributed by atoms with Gasteiger partial charge in [-0.2, -0.15) is 0 Å². The van der Waals surface area contributed by atoms with Crippen LogP contribution < -0.4 is 0 Å². The second kappa shape index (κ2) is 2.98. The van der Waals surface area contributed by atoms with Crippen molar-refractivity contribution in [3.05, 3.63) is 0 Å². The molecular weight excluding hydrogens is 136 g/mol. The predicted molar refractivity (Wildman–Crippen MR) is 32.1 cm³/mol. The fourth-order valence-corrected chi connectivity index (χ4v) is 0.925. The van der Waals surface area contributed by atoms with E-state index in [1.165, 1.54) is 7.11 Å². The third-order valence-electron chi connectivity index (χ3n) is 1.46. The highest BCUT2D eigenvalue weighted by atomic mass is 16.6. The van der Waals surface area contributed by atoms with Crippen LogP contribution in [-0.2, 0) is 14.3 Å². The van der Waals surface area contributed by atoms with E-state index in [1.807, 2.05) is 0 Å². The molecule has 0 aromatic rings. The highest BCUT2D eigenvalue weighted by Gasteiger charge is 2.29. The molecule has 4 nitrogen and oxygen atoms in total. The summed E-state index contributed by atoms with van der Waals surface area (Å²) in [7, 11) is 1.30. The summed E-state index contributed by atoms with van der Waals surface area (Å²) in [6.45, 7) is 0. The normalized spacial score (nSPS) is 32.2. The lowest BCUT2D eigenvalue weighted by Gasteiger charge is -2.06. The van der Waals surface area contributed by atoms with E-state index >= 15 is 0 Å². The maximum atomic E-state index is 10.7. The van der Waals surface area contributed by atoms with Gasteiger partial charge in [0, 0.05) is 6.42 Å². The average Bonchev–Trinajstić information content (AvgIpc) is 2.34. The standard InChI is InChI=1S/C6H10O4/c1-9-6(8)4-2-3-5(7)10-4/h4-5,7H,2-3H2,1H3/t4-,5?/m0/s1. The number of carbonyl (C=O) groups excluding carboxylic acids is 1. The van der Waals surface area contributed by atoms with Gasteiger partial charge < -0.3 is 14.6 Å². The van der Waals surface area contributed by atoms with E-state index in [1.54, 1.807) is 0 Å². The Kier molecular flexibility index (Phi) is 2.24. The smallest absolute Gasteiger partial charge is 0.335 e. The second-order valence-corrected chi connectivity index (χ2v) is 2.18. The molecule has 1 N–H and O–H groups in total. The van der Waals surface area contributed by atoms with Crippen molar-refractivity contribution < 1.29 is 19.4 Å². The van der Waals surface area contributed by atoms with Crippen LogP contribution in [0.1, 0.15) is 12.8 Å². The summed E-state index contributed by atoms with van der Waals surface area (Å²) < 4.78 is 9.20. The first kappa shape index (κ1) is 7.50. The first-order chi connectivity index (χ1) is 4.74. The van der Waals surface area contributed by atoms with E-state index in [0.717, 1.165) is 0 Å². The van der Waals surface area contributed by atoms with Crippen molar-refractivity contribution in [2.45, 2.75) is 25.2 Å². The molecule has 0 spiro atoms. The SMILES string of the molecule is COC(=O)[C@@H]1CCC(O)O1. The van der Waals surface area contributed by atoms with E-state index in [4.69, 9.17) is 9.84 Å². The number of aliphatic hydroxyl groups excluding tert-OH is 1. The van der Waals surface area contributed by atoms with Crippen molar-refractivity contribution in [1.29, 1.82) is 0 Å². The summed E-state index contributed by atoms with van der Waals surface area (Å²) in [5.74, 6) is -0.406. The van der Waals surface area contributed by atoms with Gasteiger partial charge in [0.1, 0.15) is 0 Å². The van der Waals surface area contributed by atoms with Crippen LogP contribution in [0.2, 0.25) is 0 Å².